The highest BCUT2D eigenvalue weighted by molar-refractivity contribution is 6.31. The van der Waals surface area contributed by atoms with Crippen LogP contribution in [0.5, 0.6) is 5.75 Å². The molecule has 3 rings (SSSR count). The molecule has 0 aromatic heterocycles. The maximum Gasteiger partial charge on any atom is 0.131 e. The van der Waals surface area contributed by atoms with Crippen molar-refractivity contribution in [2.45, 2.75) is 32.5 Å². The van der Waals surface area contributed by atoms with Gasteiger partial charge in [0, 0.05) is 23.7 Å². The van der Waals surface area contributed by atoms with Crippen LogP contribution in [-0.4, -0.2) is 17.8 Å². The average molecular weight is 388 g/mol. The molecule has 0 heterocycles. The van der Waals surface area contributed by atoms with Crippen LogP contribution in [0, 0.1) is 5.82 Å². The van der Waals surface area contributed by atoms with E-state index in [2.05, 4.69) is 5.32 Å². The Hall–Kier alpha value is -2.14. The minimum absolute atomic E-state index is 0.0119. The van der Waals surface area contributed by atoms with Crippen LogP contribution in [0.25, 0.3) is 10.8 Å². The molecule has 27 heavy (non-hydrogen) atoms. The van der Waals surface area contributed by atoms with Crippen LogP contribution in [0.15, 0.2) is 54.6 Å². The summed E-state index contributed by atoms with van der Waals surface area (Å²) in [6.45, 7) is 2.69. The summed E-state index contributed by atoms with van der Waals surface area (Å²) in [5.41, 5.74) is 1.32. The van der Waals surface area contributed by atoms with Gasteiger partial charge in [-0.1, -0.05) is 54.9 Å². The molecule has 1 unspecified atom stereocenters. The Morgan fingerprint density at radius 1 is 1.07 bits per heavy atom. The Balaban J connectivity index is 1.90. The minimum Gasteiger partial charge on any atom is -0.488 e. The highest BCUT2D eigenvalue weighted by Crippen LogP contribution is 2.30. The van der Waals surface area contributed by atoms with Gasteiger partial charge in [0.25, 0.3) is 0 Å². The molecule has 3 aromatic carbocycles. The summed E-state index contributed by atoms with van der Waals surface area (Å²) < 4.78 is 20.0. The molecular weight excluding hydrogens is 365 g/mol. The van der Waals surface area contributed by atoms with E-state index < -0.39 is 0 Å². The van der Waals surface area contributed by atoms with E-state index >= 15 is 0 Å². The third-order valence-corrected chi connectivity index (χ3v) is 5.07. The van der Waals surface area contributed by atoms with E-state index in [0.29, 0.717) is 22.9 Å². The zero-order valence-electron chi connectivity index (χ0n) is 15.2. The molecule has 0 saturated carbocycles. The molecule has 0 saturated heterocycles. The first-order valence-corrected chi connectivity index (χ1v) is 9.42. The number of nitrogens with one attached hydrogen (secondary N) is 1. The summed E-state index contributed by atoms with van der Waals surface area (Å²) in [4.78, 5) is 0. The van der Waals surface area contributed by atoms with Crippen molar-refractivity contribution in [1.29, 1.82) is 0 Å². The second-order valence-electron chi connectivity index (χ2n) is 6.42. The number of fused-ring (bicyclic) bond motifs is 1. The SMILES string of the molecule is CCC(CO)NCc1c(OCc2c(F)cccc2Cl)ccc2ccccc12. The van der Waals surface area contributed by atoms with Gasteiger partial charge in [-0.25, -0.2) is 4.39 Å². The van der Waals surface area contributed by atoms with Gasteiger partial charge in [0.05, 0.1) is 11.6 Å². The van der Waals surface area contributed by atoms with Gasteiger partial charge in [0.15, 0.2) is 0 Å². The van der Waals surface area contributed by atoms with E-state index in [0.717, 1.165) is 22.8 Å². The van der Waals surface area contributed by atoms with Gasteiger partial charge in [0.1, 0.15) is 18.2 Å². The van der Waals surface area contributed by atoms with E-state index in [1.807, 2.05) is 43.3 Å². The summed E-state index contributed by atoms with van der Waals surface area (Å²) in [5, 5.41) is 15.3. The van der Waals surface area contributed by atoms with Crippen LogP contribution in [0.1, 0.15) is 24.5 Å². The number of aliphatic hydroxyl groups is 1. The van der Waals surface area contributed by atoms with Gasteiger partial charge in [-0.3, -0.25) is 0 Å². The van der Waals surface area contributed by atoms with Crippen molar-refractivity contribution in [3.05, 3.63) is 76.6 Å². The van der Waals surface area contributed by atoms with Crippen molar-refractivity contribution in [3.8, 4) is 5.75 Å². The average Bonchev–Trinajstić information content (AvgIpc) is 2.69. The lowest BCUT2D eigenvalue weighted by Crippen LogP contribution is -2.31. The Bertz CT molecular complexity index is 892. The molecule has 3 nitrogen and oxygen atoms in total. The third kappa shape index (κ3) is 4.59. The standard InChI is InChI=1S/C22H23ClFNO2/c1-2-16(13-26)25-12-18-17-7-4-3-6-15(17)10-11-22(18)27-14-19-20(23)8-5-9-21(19)24/h3-11,16,25-26H,2,12-14H2,1H3. The Labute approximate surface area is 163 Å². The second kappa shape index (κ2) is 9.18. The second-order valence-corrected chi connectivity index (χ2v) is 6.83. The predicted molar refractivity (Wildman–Crippen MR) is 108 cm³/mol. The minimum atomic E-state index is -0.380. The van der Waals surface area contributed by atoms with Crippen molar-refractivity contribution < 1.29 is 14.2 Å². The van der Waals surface area contributed by atoms with Crippen molar-refractivity contribution in [3.63, 3.8) is 0 Å². The predicted octanol–water partition coefficient (Wildman–Crippen LogP) is 5.07. The summed E-state index contributed by atoms with van der Waals surface area (Å²) >= 11 is 6.11. The van der Waals surface area contributed by atoms with Crippen molar-refractivity contribution >= 4 is 22.4 Å². The number of hydrogen-bond acceptors (Lipinski definition) is 3. The first-order valence-electron chi connectivity index (χ1n) is 9.04. The molecule has 1 atom stereocenters. The van der Waals surface area contributed by atoms with Crippen molar-refractivity contribution in [2.75, 3.05) is 6.61 Å². The van der Waals surface area contributed by atoms with Crippen molar-refractivity contribution in [2.24, 2.45) is 0 Å². The van der Waals surface area contributed by atoms with Crippen LogP contribution in [0.3, 0.4) is 0 Å². The molecule has 0 amide bonds. The van der Waals surface area contributed by atoms with Gasteiger partial charge in [0.2, 0.25) is 0 Å². The largest absolute Gasteiger partial charge is 0.488 e. The maximum atomic E-state index is 14.0. The smallest absolute Gasteiger partial charge is 0.131 e. The Kier molecular flexibility index (Phi) is 6.67. The van der Waals surface area contributed by atoms with E-state index in [-0.39, 0.29) is 25.1 Å². The first kappa shape index (κ1) is 19.6. The number of hydrogen-bond donors (Lipinski definition) is 2. The first-order chi connectivity index (χ1) is 13.1. The zero-order valence-corrected chi connectivity index (χ0v) is 16.0. The fourth-order valence-electron chi connectivity index (χ4n) is 3.04. The van der Waals surface area contributed by atoms with Gasteiger partial charge >= 0.3 is 0 Å². The fraction of sp³-hybridized carbons (Fsp3) is 0.273. The van der Waals surface area contributed by atoms with Crippen molar-refractivity contribution in [1.82, 2.24) is 5.32 Å². The molecule has 5 heteroatoms. The lowest BCUT2D eigenvalue weighted by Gasteiger charge is -2.19. The Morgan fingerprint density at radius 3 is 2.63 bits per heavy atom. The fourth-order valence-corrected chi connectivity index (χ4v) is 3.26. The highest BCUT2D eigenvalue weighted by Gasteiger charge is 2.13. The number of rotatable bonds is 8. The normalized spacial score (nSPS) is 12.3. The lowest BCUT2D eigenvalue weighted by molar-refractivity contribution is 0.237. The van der Waals surface area contributed by atoms with E-state index in [1.165, 1.54) is 6.07 Å². The van der Waals surface area contributed by atoms with Crippen LogP contribution in [0.4, 0.5) is 4.39 Å². The molecule has 0 bridgehead atoms. The van der Waals surface area contributed by atoms with Gasteiger partial charge < -0.3 is 15.2 Å². The van der Waals surface area contributed by atoms with Gasteiger partial charge in [-0.15, -0.1) is 0 Å². The highest BCUT2D eigenvalue weighted by atomic mass is 35.5. The number of ether oxygens (including phenoxy) is 1. The molecule has 0 aliphatic heterocycles. The maximum absolute atomic E-state index is 14.0. The number of benzene rings is 3. The number of halogens is 2. The monoisotopic (exact) mass is 387 g/mol. The molecule has 0 fully saturated rings. The molecular formula is C22H23ClFNO2. The van der Waals surface area contributed by atoms with Crippen LogP contribution in [-0.2, 0) is 13.2 Å². The summed E-state index contributed by atoms with van der Waals surface area (Å²) in [6.07, 6.45) is 0.822. The van der Waals surface area contributed by atoms with Crippen LogP contribution in [0.2, 0.25) is 5.02 Å². The van der Waals surface area contributed by atoms with Crippen LogP contribution < -0.4 is 10.1 Å². The third-order valence-electron chi connectivity index (χ3n) is 4.71. The van der Waals surface area contributed by atoms with E-state index in [9.17, 15) is 9.50 Å². The molecule has 2 N–H and O–H groups in total. The van der Waals surface area contributed by atoms with Gasteiger partial charge in [-0.2, -0.15) is 0 Å². The summed E-state index contributed by atoms with van der Waals surface area (Å²) in [5.74, 6) is 0.294. The molecule has 0 spiro atoms. The topological polar surface area (TPSA) is 41.5 Å². The molecule has 0 radical (unpaired) electrons. The van der Waals surface area contributed by atoms with E-state index in [1.54, 1.807) is 12.1 Å². The molecule has 142 valence electrons. The molecule has 0 aliphatic carbocycles. The van der Waals surface area contributed by atoms with Gasteiger partial charge in [-0.05, 0) is 35.4 Å². The zero-order chi connectivity index (χ0) is 19.2. The summed E-state index contributed by atoms with van der Waals surface area (Å²) in [7, 11) is 0. The molecule has 0 aliphatic rings. The quantitative estimate of drug-likeness (QED) is 0.567. The molecule has 3 aromatic rings. The van der Waals surface area contributed by atoms with E-state index in [4.69, 9.17) is 16.3 Å². The van der Waals surface area contributed by atoms with Crippen LogP contribution >= 0.6 is 11.6 Å². The Morgan fingerprint density at radius 2 is 1.89 bits per heavy atom. The summed E-state index contributed by atoms with van der Waals surface area (Å²) in [6, 6.07) is 16.5. The number of aliphatic hydroxyl groups excluding tert-OH is 1. The lowest BCUT2D eigenvalue weighted by atomic mass is 10.0.